The Morgan fingerprint density at radius 2 is 1.60 bits per heavy atom. The van der Waals surface area contributed by atoms with Crippen LogP contribution in [0.2, 0.25) is 0 Å². The molecule has 152 valence electrons. The van der Waals surface area contributed by atoms with E-state index in [4.69, 9.17) is 0 Å². The maximum Gasteiger partial charge on any atom is 0.323 e. The Labute approximate surface area is 175 Å². The fraction of sp³-hybridized carbons (Fsp3) is 0.174. The van der Waals surface area contributed by atoms with Crippen LogP contribution in [-0.4, -0.2) is 40.2 Å². The smallest absolute Gasteiger partial charge is 0.308 e. The van der Waals surface area contributed by atoms with Crippen molar-refractivity contribution in [2.75, 3.05) is 24.7 Å². The van der Waals surface area contributed by atoms with Crippen molar-refractivity contribution < 1.29 is 4.79 Å². The Kier molecular flexibility index (Phi) is 5.45. The average Bonchev–Trinajstić information content (AvgIpc) is 3.11. The van der Waals surface area contributed by atoms with Gasteiger partial charge in [0.1, 0.15) is 0 Å². The zero-order valence-corrected chi connectivity index (χ0v) is 17.2. The normalized spacial score (nSPS) is 11.1. The molecular weight excluding hydrogens is 376 g/mol. The standard InChI is InChI=1S/C23H24N6O/c1-15-21-20(12-13-24-22(21)28-27-15)17-6-10-19(11-7-17)26-23(30)25-18-8-4-16(5-9-18)14-29(2)3/h4-13H,14H2,1-3H3,(H,24,27,28)(H2,25,26,30). The number of aryl methyl sites for hydroxylation is 1. The first-order chi connectivity index (χ1) is 14.5. The van der Waals surface area contributed by atoms with Gasteiger partial charge in [-0.3, -0.25) is 5.10 Å². The number of amides is 2. The molecule has 4 aromatic rings. The van der Waals surface area contributed by atoms with Crippen LogP contribution in [-0.2, 0) is 6.54 Å². The molecule has 0 saturated heterocycles. The molecule has 0 saturated carbocycles. The number of carbonyl (C=O) groups is 1. The van der Waals surface area contributed by atoms with Crippen LogP contribution in [0.15, 0.2) is 60.8 Å². The first-order valence-electron chi connectivity index (χ1n) is 9.71. The Morgan fingerprint density at radius 3 is 2.23 bits per heavy atom. The van der Waals surface area contributed by atoms with E-state index in [1.807, 2.05) is 75.6 Å². The van der Waals surface area contributed by atoms with Gasteiger partial charge in [0.15, 0.2) is 5.65 Å². The molecule has 0 bridgehead atoms. The number of aromatic amines is 1. The van der Waals surface area contributed by atoms with Crippen LogP contribution in [0.5, 0.6) is 0 Å². The van der Waals surface area contributed by atoms with Crippen molar-refractivity contribution in [2.24, 2.45) is 0 Å². The summed E-state index contributed by atoms with van der Waals surface area (Å²) < 4.78 is 0. The minimum atomic E-state index is -0.278. The van der Waals surface area contributed by atoms with Crippen molar-refractivity contribution in [2.45, 2.75) is 13.5 Å². The zero-order valence-electron chi connectivity index (χ0n) is 17.2. The second-order valence-electron chi connectivity index (χ2n) is 7.50. The third kappa shape index (κ3) is 4.31. The maximum absolute atomic E-state index is 12.3. The van der Waals surface area contributed by atoms with Crippen LogP contribution in [0.4, 0.5) is 16.2 Å². The van der Waals surface area contributed by atoms with Gasteiger partial charge in [-0.15, -0.1) is 0 Å². The molecule has 2 heterocycles. The largest absolute Gasteiger partial charge is 0.323 e. The summed E-state index contributed by atoms with van der Waals surface area (Å²) in [6.07, 6.45) is 1.75. The Bertz CT molecular complexity index is 1160. The molecule has 0 aliphatic carbocycles. The molecule has 0 atom stereocenters. The number of hydrogen-bond donors (Lipinski definition) is 3. The van der Waals surface area contributed by atoms with E-state index in [0.717, 1.165) is 40.1 Å². The lowest BCUT2D eigenvalue weighted by Gasteiger charge is -2.11. The van der Waals surface area contributed by atoms with Gasteiger partial charge in [0.2, 0.25) is 0 Å². The summed E-state index contributed by atoms with van der Waals surface area (Å²) in [6.45, 7) is 2.84. The SMILES string of the molecule is Cc1[nH]nc2nccc(-c3ccc(NC(=O)Nc4ccc(CN(C)C)cc4)cc3)c12. The van der Waals surface area contributed by atoms with Gasteiger partial charge in [-0.05, 0) is 68.0 Å². The van der Waals surface area contributed by atoms with E-state index in [1.165, 1.54) is 5.56 Å². The van der Waals surface area contributed by atoms with E-state index in [9.17, 15) is 4.79 Å². The highest BCUT2D eigenvalue weighted by Gasteiger charge is 2.10. The highest BCUT2D eigenvalue weighted by atomic mass is 16.2. The van der Waals surface area contributed by atoms with E-state index in [0.29, 0.717) is 5.65 Å². The number of nitrogens with zero attached hydrogens (tertiary/aromatic N) is 3. The van der Waals surface area contributed by atoms with Crippen molar-refractivity contribution in [3.63, 3.8) is 0 Å². The van der Waals surface area contributed by atoms with Gasteiger partial charge in [-0.1, -0.05) is 24.3 Å². The number of pyridine rings is 1. The lowest BCUT2D eigenvalue weighted by Crippen LogP contribution is -2.19. The van der Waals surface area contributed by atoms with Crippen LogP contribution in [0, 0.1) is 6.92 Å². The summed E-state index contributed by atoms with van der Waals surface area (Å²) in [6, 6.07) is 17.3. The van der Waals surface area contributed by atoms with Gasteiger partial charge < -0.3 is 15.5 Å². The summed E-state index contributed by atoms with van der Waals surface area (Å²) in [4.78, 5) is 18.7. The van der Waals surface area contributed by atoms with Crippen molar-refractivity contribution in [3.05, 3.63) is 72.1 Å². The molecule has 2 aromatic carbocycles. The quantitative estimate of drug-likeness (QED) is 0.456. The lowest BCUT2D eigenvalue weighted by molar-refractivity contribution is 0.262. The predicted octanol–water partition coefficient (Wildman–Crippen LogP) is 4.64. The number of fused-ring (bicyclic) bond motifs is 1. The number of anilines is 2. The molecule has 2 aromatic heterocycles. The van der Waals surface area contributed by atoms with Crippen LogP contribution >= 0.6 is 0 Å². The van der Waals surface area contributed by atoms with E-state index in [2.05, 4.69) is 30.7 Å². The average molecular weight is 400 g/mol. The summed E-state index contributed by atoms with van der Waals surface area (Å²) in [5.41, 5.74) is 6.43. The monoisotopic (exact) mass is 400 g/mol. The van der Waals surface area contributed by atoms with E-state index >= 15 is 0 Å². The summed E-state index contributed by atoms with van der Waals surface area (Å²) in [5, 5.41) is 13.9. The zero-order chi connectivity index (χ0) is 21.1. The first-order valence-corrected chi connectivity index (χ1v) is 9.71. The fourth-order valence-corrected chi connectivity index (χ4v) is 3.42. The van der Waals surface area contributed by atoms with Crippen LogP contribution in [0.1, 0.15) is 11.3 Å². The second kappa shape index (κ2) is 8.34. The van der Waals surface area contributed by atoms with Gasteiger partial charge in [-0.25, -0.2) is 9.78 Å². The highest BCUT2D eigenvalue weighted by Crippen LogP contribution is 2.29. The Hall–Kier alpha value is -3.71. The number of benzene rings is 2. The number of nitrogens with one attached hydrogen (secondary N) is 3. The van der Waals surface area contributed by atoms with E-state index < -0.39 is 0 Å². The number of carbonyl (C=O) groups excluding carboxylic acids is 1. The van der Waals surface area contributed by atoms with Crippen LogP contribution in [0.25, 0.3) is 22.2 Å². The van der Waals surface area contributed by atoms with Crippen molar-refractivity contribution in [3.8, 4) is 11.1 Å². The molecule has 7 heteroatoms. The van der Waals surface area contributed by atoms with Gasteiger partial charge in [-0.2, -0.15) is 5.10 Å². The molecule has 3 N–H and O–H groups in total. The first kappa shape index (κ1) is 19.6. The molecular formula is C23H24N6O. The predicted molar refractivity (Wildman–Crippen MR) is 121 cm³/mol. The third-order valence-electron chi connectivity index (χ3n) is 4.80. The van der Waals surface area contributed by atoms with Gasteiger partial charge in [0.05, 0.1) is 0 Å². The Balaban J connectivity index is 1.43. The lowest BCUT2D eigenvalue weighted by atomic mass is 10.0. The molecule has 2 amide bonds. The van der Waals surface area contributed by atoms with Gasteiger partial charge in [0, 0.05) is 35.2 Å². The molecule has 0 spiro atoms. The number of hydrogen-bond acceptors (Lipinski definition) is 4. The number of urea groups is 1. The summed E-state index contributed by atoms with van der Waals surface area (Å²) in [5.74, 6) is 0. The summed E-state index contributed by atoms with van der Waals surface area (Å²) in [7, 11) is 4.05. The molecule has 0 radical (unpaired) electrons. The molecule has 0 aliphatic heterocycles. The second-order valence-corrected chi connectivity index (χ2v) is 7.50. The fourth-order valence-electron chi connectivity index (χ4n) is 3.42. The molecule has 30 heavy (non-hydrogen) atoms. The molecule has 0 unspecified atom stereocenters. The number of H-pyrrole nitrogens is 1. The summed E-state index contributed by atoms with van der Waals surface area (Å²) >= 11 is 0. The third-order valence-corrected chi connectivity index (χ3v) is 4.80. The molecule has 7 nitrogen and oxygen atoms in total. The molecule has 4 rings (SSSR count). The van der Waals surface area contributed by atoms with Crippen molar-refractivity contribution in [1.82, 2.24) is 20.1 Å². The van der Waals surface area contributed by atoms with Crippen molar-refractivity contribution >= 4 is 28.4 Å². The minimum Gasteiger partial charge on any atom is -0.308 e. The Morgan fingerprint density at radius 1 is 0.967 bits per heavy atom. The van der Waals surface area contributed by atoms with Crippen LogP contribution in [0.3, 0.4) is 0 Å². The minimum absolute atomic E-state index is 0.278. The van der Waals surface area contributed by atoms with E-state index in [-0.39, 0.29) is 6.03 Å². The number of rotatable bonds is 5. The van der Waals surface area contributed by atoms with Gasteiger partial charge in [0.25, 0.3) is 0 Å². The molecule has 0 fully saturated rings. The number of aromatic nitrogens is 3. The van der Waals surface area contributed by atoms with E-state index in [1.54, 1.807) is 6.20 Å². The molecule has 0 aliphatic rings. The van der Waals surface area contributed by atoms with Gasteiger partial charge >= 0.3 is 6.03 Å². The topological polar surface area (TPSA) is 85.9 Å². The maximum atomic E-state index is 12.3. The highest BCUT2D eigenvalue weighted by molar-refractivity contribution is 6.00. The van der Waals surface area contributed by atoms with Crippen LogP contribution < -0.4 is 10.6 Å². The van der Waals surface area contributed by atoms with Crippen molar-refractivity contribution in [1.29, 1.82) is 0 Å².